The van der Waals surface area contributed by atoms with Crippen LogP contribution in [-0.2, 0) is 0 Å². The van der Waals surface area contributed by atoms with E-state index in [-0.39, 0.29) is 22.3 Å². The molecule has 0 saturated carbocycles. The summed E-state index contributed by atoms with van der Waals surface area (Å²) in [5, 5.41) is 7.00. The molecule has 1 rings (SSSR count). The molecule has 0 spiro atoms. The van der Waals surface area contributed by atoms with Crippen molar-refractivity contribution in [3.05, 3.63) is 28.5 Å². The fourth-order valence-electron chi connectivity index (χ4n) is 0.992. The van der Waals surface area contributed by atoms with Crippen LogP contribution in [0.25, 0.3) is 0 Å². The third-order valence-electron chi connectivity index (χ3n) is 1.65. The van der Waals surface area contributed by atoms with E-state index < -0.39 is 5.82 Å². The molecule has 0 aliphatic carbocycles. The molecular weight excluding hydrogens is 235 g/mol. The fraction of sp³-hybridized carbons (Fsp3) is 0.111. The van der Waals surface area contributed by atoms with Crippen molar-refractivity contribution in [1.82, 2.24) is 0 Å². The quantitative estimate of drug-likeness (QED) is 0.474. The van der Waals surface area contributed by atoms with Gasteiger partial charge >= 0.3 is 0 Å². The molecule has 0 amide bonds. The van der Waals surface area contributed by atoms with Gasteiger partial charge < -0.3 is 16.2 Å². The Morgan fingerprint density at radius 1 is 1.50 bits per heavy atom. The molecule has 1 aromatic carbocycles. The van der Waals surface area contributed by atoms with Crippen LogP contribution in [0.3, 0.4) is 0 Å². The van der Waals surface area contributed by atoms with Crippen LogP contribution in [0.5, 0.6) is 5.75 Å². The van der Waals surface area contributed by atoms with E-state index in [1.54, 1.807) is 0 Å². The number of hydrogen-bond donors (Lipinski definition) is 2. The minimum atomic E-state index is -0.621. The van der Waals surface area contributed by atoms with Crippen molar-refractivity contribution in [2.24, 2.45) is 21.7 Å². The van der Waals surface area contributed by atoms with Crippen LogP contribution in [0.4, 0.5) is 4.39 Å². The van der Waals surface area contributed by atoms with Gasteiger partial charge in [-0.2, -0.15) is 5.10 Å². The maximum Gasteiger partial charge on any atom is 0.211 e. The van der Waals surface area contributed by atoms with Crippen LogP contribution in [0.15, 0.2) is 22.3 Å². The Labute approximate surface area is 96.5 Å². The van der Waals surface area contributed by atoms with Crippen LogP contribution in [0, 0.1) is 5.82 Å². The average Bonchev–Trinajstić information content (AvgIpc) is 2.22. The molecule has 0 unspecified atom stereocenters. The zero-order valence-corrected chi connectivity index (χ0v) is 9.20. The number of ether oxygens (including phenoxy) is 1. The Morgan fingerprint density at radius 2 is 2.19 bits per heavy atom. The first-order chi connectivity index (χ1) is 7.56. The van der Waals surface area contributed by atoms with Crippen LogP contribution in [0.1, 0.15) is 5.56 Å². The van der Waals surface area contributed by atoms with Gasteiger partial charge in [-0.3, -0.25) is 0 Å². The van der Waals surface area contributed by atoms with Crippen molar-refractivity contribution in [3.63, 3.8) is 0 Å². The summed E-state index contributed by atoms with van der Waals surface area (Å²) in [6.07, 6.45) is 1.16. The van der Waals surface area contributed by atoms with Gasteiger partial charge in [-0.1, -0.05) is 11.6 Å². The third kappa shape index (κ3) is 2.83. The summed E-state index contributed by atoms with van der Waals surface area (Å²) >= 11 is 5.71. The highest BCUT2D eigenvalue weighted by Gasteiger charge is 2.11. The number of benzene rings is 1. The summed E-state index contributed by atoms with van der Waals surface area (Å²) in [6, 6.07) is 2.92. The lowest BCUT2D eigenvalue weighted by molar-refractivity contribution is 0.386. The molecule has 7 heteroatoms. The lowest BCUT2D eigenvalue weighted by atomic mass is 10.2. The van der Waals surface area contributed by atoms with Gasteiger partial charge in [-0.05, 0) is 12.1 Å². The van der Waals surface area contributed by atoms with Crippen molar-refractivity contribution in [1.29, 1.82) is 0 Å². The third-order valence-corrected chi connectivity index (χ3v) is 1.95. The maximum absolute atomic E-state index is 13.6. The van der Waals surface area contributed by atoms with Gasteiger partial charge in [0.25, 0.3) is 0 Å². The molecule has 0 aliphatic rings. The standard InChI is InChI=1S/C9H10ClFN4O/c1-16-8-6(10)3-2-5(7(8)11)4-14-15-9(12)13/h2-4H,1H3,(H4,12,13,15). The van der Waals surface area contributed by atoms with Crippen molar-refractivity contribution in [2.75, 3.05) is 7.11 Å². The first kappa shape index (κ1) is 12.3. The van der Waals surface area contributed by atoms with Gasteiger partial charge in [0.15, 0.2) is 11.6 Å². The van der Waals surface area contributed by atoms with E-state index in [9.17, 15) is 4.39 Å². The number of halogens is 2. The number of methoxy groups -OCH3 is 1. The Hall–Kier alpha value is -1.82. The SMILES string of the molecule is COc1c(Cl)ccc(C=NN=C(N)N)c1F. The van der Waals surface area contributed by atoms with Crippen LogP contribution in [0.2, 0.25) is 5.02 Å². The summed E-state index contributed by atoms with van der Waals surface area (Å²) in [6.45, 7) is 0. The van der Waals surface area contributed by atoms with Gasteiger partial charge in [0.2, 0.25) is 5.96 Å². The topological polar surface area (TPSA) is 86.0 Å². The second-order valence-corrected chi connectivity index (χ2v) is 3.16. The highest BCUT2D eigenvalue weighted by molar-refractivity contribution is 6.32. The second kappa shape index (κ2) is 5.32. The van der Waals surface area contributed by atoms with Crippen molar-refractivity contribution >= 4 is 23.8 Å². The average molecular weight is 245 g/mol. The van der Waals surface area contributed by atoms with E-state index in [1.165, 1.54) is 19.2 Å². The molecule has 0 saturated heterocycles. The molecule has 16 heavy (non-hydrogen) atoms. The van der Waals surface area contributed by atoms with E-state index in [2.05, 4.69) is 10.2 Å². The molecule has 86 valence electrons. The molecule has 4 N–H and O–H groups in total. The largest absolute Gasteiger partial charge is 0.492 e. The number of nitrogens with zero attached hydrogens (tertiary/aromatic N) is 2. The van der Waals surface area contributed by atoms with Crippen molar-refractivity contribution in [2.45, 2.75) is 0 Å². The van der Waals surface area contributed by atoms with E-state index in [0.29, 0.717) is 0 Å². The Morgan fingerprint density at radius 3 is 2.75 bits per heavy atom. The Kier molecular flexibility index (Phi) is 4.07. The molecule has 0 heterocycles. The predicted molar refractivity (Wildman–Crippen MR) is 61.4 cm³/mol. The highest BCUT2D eigenvalue weighted by Crippen LogP contribution is 2.28. The molecule has 0 fully saturated rings. The molecule has 0 aromatic heterocycles. The zero-order valence-electron chi connectivity index (χ0n) is 8.45. The highest BCUT2D eigenvalue weighted by atomic mass is 35.5. The minimum absolute atomic E-state index is 0.0460. The number of rotatable bonds is 3. The molecule has 0 bridgehead atoms. The monoisotopic (exact) mass is 244 g/mol. The van der Waals surface area contributed by atoms with Crippen molar-refractivity contribution < 1.29 is 9.13 Å². The molecule has 0 aliphatic heterocycles. The van der Waals surface area contributed by atoms with Gasteiger partial charge in [-0.25, -0.2) is 4.39 Å². The molecule has 0 atom stereocenters. The number of guanidine groups is 1. The second-order valence-electron chi connectivity index (χ2n) is 2.75. The number of nitrogens with two attached hydrogens (primary N) is 2. The van der Waals surface area contributed by atoms with E-state index >= 15 is 0 Å². The summed E-state index contributed by atoms with van der Waals surface area (Å²) < 4.78 is 18.4. The summed E-state index contributed by atoms with van der Waals surface area (Å²) in [4.78, 5) is 0. The summed E-state index contributed by atoms with van der Waals surface area (Å²) in [5.74, 6) is -0.877. The van der Waals surface area contributed by atoms with E-state index in [0.717, 1.165) is 6.21 Å². The lowest BCUT2D eigenvalue weighted by Gasteiger charge is -2.05. The van der Waals surface area contributed by atoms with Crippen LogP contribution >= 0.6 is 11.6 Å². The normalized spacial score (nSPS) is 10.4. The lowest BCUT2D eigenvalue weighted by Crippen LogP contribution is -2.21. The predicted octanol–water partition coefficient (Wildman–Crippen LogP) is 1.09. The van der Waals surface area contributed by atoms with Gasteiger partial charge in [0.1, 0.15) is 0 Å². The minimum Gasteiger partial charge on any atom is -0.492 e. The smallest absolute Gasteiger partial charge is 0.211 e. The fourth-order valence-corrected chi connectivity index (χ4v) is 1.22. The van der Waals surface area contributed by atoms with Gasteiger partial charge in [0, 0.05) is 5.56 Å². The van der Waals surface area contributed by atoms with E-state index in [1.807, 2.05) is 0 Å². The van der Waals surface area contributed by atoms with E-state index in [4.69, 9.17) is 27.8 Å². The molecular formula is C9H10ClFN4O. The van der Waals surface area contributed by atoms with Gasteiger partial charge in [-0.15, -0.1) is 5.10 Å². The Balaban J connectivity index is 3.07. The van der Waals surface area contributed by atoms with Crippen LogP contribution in [-0.4, -0.2) is 19.3 Å². The summed E-state index contributed by atoms with van der Waals surface area (Å²) in [5.41, 5.74) is 10.3. The van der Waals surface area contributed by atoms with Crippen molar-refractivity contribution in [3.8, 4) is 5.75 Å². The number of hydrogen-bond acceptors (Lipinski definition) is 3. The molecule has 0 radical (unpaired) electrons. The van der Waals surface area contributed by atoms with Gasteiger partial charge in [0.05, 0.1) is 18.3 Å². The maximum atomic E-state index is 13.6. The first-order valence-corrected chi connectivity index (χ1v) is 4.58. The molecule has 5 nitrogen and oxygen atoms in total. The zero-order chi connectivity index (χ0) is 12.1. The van der Waals surface area contributed by atoms with Crippen LogP contribution < -0.4 is 16.2 Å². The summed E-state index contributed by atoms with van der Waals surface area (Å²) in [7, 11) is 1.32. The molecule has 1 aromatic rings. The Bertz CT molecular complexity index is 443. The first-order valence-electron chi connectivity index (χ1n) is 4.20.